The topological polar surface area (TPSA) is 82.9 Å². The van der Waals surface area contributed by atoms with E-state index in [0.29, 0.717) is 31.1 Å². The highest BCUT2D eigenvalue weighted by Gasteiger charge is 2.31. The van der Waals surface area contributed by atoms with Crippen molar-refractivity contribution in [2.75, 3.05) is 32.1 Å². The van der Waals surface area contributed by atoms with E-state index in [1.54, 1.807) is 19.1 Å². The van der Waals surface area contributed by atoms with Gasteiger partial charge in [0.2, 0.25) is 5.91 Å². The van der Waals surface area contributed by atoms with Gasteiger partial charge in [-0.15, -0.1) is 0 Å². The molecule has 0 radical (unpaired) electrons. The highest BCUT2D eigenvalue weighted by atomic mass is 32.2. The van der Waals surface area contributed by atoms with E-state index in [4.69, 9.17) is 19.2 Å². The molecule has 184 valence electrons. The van der Waals surface area contributed by atoms with Gasteiger partial charge in [0, 0.05) is 13.1 Å². The van der Waals surface area contributed by atoms with Crippen molar-refractivity contribution in [2.24, 2.45) is 0 Å². The van der Waals surface area contributed by atoms with Crippen LogP contribution in [0.15, 0.2) is 41.6 Å². The first kappa shape index (κ1) is 23.5. The summed E-state index contributed by atoms with van der Waals surface area (Å²) in [5.41, 5.74) is 3.22. The van der Waals surface area contributed by atoms with Crippen LogP contribution in [-0.2, 0) is 16.1 Å². The molecule has 0 spiro atoms. The van der Waals surface area contributed by atoms with E-state index in [9.17, 15) is 9.59 Å². The summed E-state index contributed by atoms with van der Waals surface area (Å²) in [5, 5.41) is 0.770. The molecule has 2 aliphatic rings. The number of carbonyl (C=O) groups is 2. The molecule has 0 saturated carbocycles. The second kappa shape index (κ2) is 10.2. The molecule has 0 aliphatic carbocycles. The number of ether oxygens (including phenoxy) is 3. The number of rotatable bonds is 7. The summed E-state index contributed by atoms with van der Waals surface area (Å²) in [6, 6.07) is 11.4. The van der Waals surface area contributed by atoms with Crippen molar-refractivity contribution in [3.05, 3.63) is 47.5 Å². The van der Waals surface area contributed by atoms with Crippen LogP contribution >= 0.6 is 11.8 Å². The number of nitrogens with zero attached hydrogens (tertiary/aromatic N) is 3. The fourth-order valence-electron chi connectivity index (χ4n) is 4.75. The zero-order chi connectivity index (χ0) is 24.4. The number of hydrogen-bond donors (Lipinski definition) is 0. The molecule has 1 fully saturated rings. The molecule has 3 heterocycles. The van der Waals surface area contributed by atoms with Gasteiger partial charge in [-0.1, -0.05) is 17.8 Å². The van der Waals surface area contributed by atoms with Gasteiger partial charge in [0.05, 0.1) is 35.0 Å². The Morgan fingerprint density at radius 3 is 2.74 bits per heavy atom. The van der Waals surface area contributed by atoms with Gasteiger partial charge in [-0.2, -0.15) is 0 Å². The number of imidazole rings is 1. The highest BCUT2D eigenvalue weighted by Crippen LogP contribution is 2.38. The predicted octanol–water partition coefficient (Wildman–Crippen LogP) is 4.46. The molecular formula is C26H29N3O5S. The van der Waals surface area contributed by atoms with Crippen LogP contribution in [0.2, 0.25) is 0 Å². The molecule has 5 rings (SSSR count). The Balaban J connectivity index is 1.31. The largest absolute Gasteiger partial charge is 0.486 e. The SMILES string of the molecule is CCOC(=O)c1ccc2c(c1)nc(SCC(=O)N1CCC[C@H]1c1ccc3c(c1)OCCO3)n2CC. The molecule has 2 aliphatic heterocycles. The first-order valence-electron chi connectivity index (χ1n) is 12.1. The van der Waals surface area contributed by atoms with Crippen LogP contribution in [0.3, 0.4) is 0 Å². The Kier molecular flexibility index (Phi) is 6.86. The molecular weight excluding hydrogens is 466 g/mol. The number of hydrogen-bond acceptors (Lipinski definition) is 7. The van der Waals surface area contributed by atoms with Gasteiger partial charge in [-0.05, 0) is 62.6 Å². The van der Waals surface area contributed by atoms with Gasteiger partial charge >= 0.3 is 5.97 Å². The fraction of sp³-hybridized carbons (Fsp3) is 0.423. The standard InChI is InChI=1S/C26H29N3O5S/c1-3-28-21-9-7-18(25(31)32-4-2)14-19(21)27-26(28)35-16-24(30)29-11-5-6-20(29)17-8-10-22-23(15-17)34-13-12-33-22/h7-10,14-15,20H,3-6,11-13,16H2,1-2H3/t20-/m0/s1. The normalized spacial score (nSPS) is 17.1. The van der Waals surface area contributed by atoms with E-state index >= 15 is 0 Å². The minimum atomic E-state index is -0.357. The van der Waals surface area contributed by atoms with Gasteiger partial charge in [-0.3, -0.25) is 4.79 Å². The summed E-state index contributed by atoms with van der Waals surface area (Å²) in [6.45, 7) is 6.72. The van der Waals surface area contributed by atoms with Crippen LogP contribution in [0.5, 0.6) is 11.5 Å². The van der Waals surface area contributed by atoms with Crippen molar-refractivity contribution in [2.45, 2.75) is 44.4 Å². The van der Waals surface area contributed by atoms with Gasteiger partial charge in [-0.25, -0.2) is 9.78 Å². The number of esters is 1. The minimum Gasteiger partial charge on any atom is -0.486 e. The molecule has 1 aromatic heterocycles. The molecule has 3 aromatic rings. The molecule has 1 atom stereocenters. The fourth-order valence-corrected chi connectivity index (χ4v) is 5.72. The lowest BCUT2D eigenvalue weighted by Gasteiger charge is -2.26. The zero-order valence-corrected chi connectivity index (χ0v) is 20.8. The molecule has 1 amide bonds. The Labute approximate surface area is 208 Å². The maximum atomic E-state index is 13.3. The van der Waals surface area contributed by atoms with E-state index in [1.165, 1.54) is 11.8 Å². The predicted molar refractivity (Wildman–Crippen MR) is 133 cm³/mol. The smallest absolute Gasteiger partial charge is 0.338 e. The highest BCUT2D eigenvalue weighted by molar-refractivity contribution is 7.99. The number of amides is 1. The maximum Gasteiger partial charge on any atom is 0.338 e. The number of carbonyl (C=O) groups excluding carboxylic acids is 2. The lowest BCUT2D eigenvalue weighted by molar-refractivity contribution is -0.129. The molecule has 2 aromatic carbocycles. The number of aryl methyl sites for hydroxylation is 1. The second-order valence-corrected chi connectivity index (χ2v) is 9.44. The maximum absolute atomic E-state index is 13.3. The van der Waals surface area contributed by atoms with Crippen molar-refractivity contribution in [1.82, 2.24) is 14.5 Å². The summed E-state index contributed by atoms with van der Waals surface area (Å²) in [7, 11) is 0. The van der Waals surface area contributed by atoms with E-state index in [1.807, 2.05) is 36.1 Å². The van der Waals surface area contributed by atoms with Gasteiger partial charge in [0.25, 0.3) is 0 Å². The molecule has 35 heavy (non-hydrogen) atoms. The van der Waals surface area contributed by atoms with Crippen molar-refractivity contribution in [3.8, 4) is 11.5 Å². The van der Waals surface area contributed by atoms with E-state index < -0.39 is 0 Å². The lowest BCUT2D eigenvalue weighted by atomic mass is 10.0. The van der Waals surface area contributed by atoms with Crippen LogP contribution in [0.1, 0.15) is 48.7 Å². The van der Waals surface area contributed by atoms with Crippen LogP contribution in [0.25, 0.3) is 11.0 Å². The summed E-state index contributed by atoms with van der Waals surface area (Å²) in [4.78, 5) is 32.1. The average molecular weight is 496 g/mol. The summed E-state index contributed by atoms with van der Waals surface area (Å²) >= 11 is 1.44. The van der Waals surface area contributed by atoms with Crippen LogP contribution in [0.4, 0.5) is 0 Å². The Bertz CT molecular complexity index is 1260. The third-order valence-electron chi connectivity index (χ3n) is 6.39. The molecule has 0 unspecified atom stereocenters. The Morgan fingerprint density at radius 1 is 1.11 bits per heavy atom. The first-order valence-corrected chi connectivity index (χ1v) is 13.1. The van der Waals surface area contributed by atoms with Crippen LogP contribution < -0.4 is 9.47 Å². The number of benzene rings is 2. The van der Waals surface area contributed by atoms with E-state index in [2.05, 4.69) is 4.57 Å². The quantitative estimate of drug-likeness (QED) is 0.354. The summed E-state index contributed by atoms with van der Waals surface area (Å²) in [5.74, 6) is 1.55. The molecule has 8 nitrogen and oxygen atoms in total. The van der Waals surface area contributed by atoms with E-state index in [0.717, 1.165) is 59.2 Å². The Hall–Kier alpha value is -3.20. The van der Waals surface area contributed by atoms with Crippen LogP contribution in [0, 0.1) is 0 Å². The summed E-state index contributed by atoms with van der Waals surface area (Å²) in [6.07, 6.45) is 1.90. The average Bonchev–Trinajstić information content (AvgIpc) is 3.51. The molecule has 1 saturated heterocycles. The van der Waals surface area contributed by atoms with Gasteiger partial charge in [0.15, 0.2) is 16.7 Å². The van der Waals surface area contributed by atoms with Crippen molar-refractivity contribution in [1.29, 1.82) is 0 Å². The van der Waals surface area contributed by atoms with Crippen molar-refractivity contribution >= 4 is 34.7 Å². The monoisotopic (exact) mass is 495 g/mol. The number of likely N-dealkylation sites (tertiary alicyclic amines) is 1. The molecule has 9 heteroatoms. The van der Waals surface area contributed by atoms with Crippen molar-refractivity contribution in [3.63, 3.8) is 0 Å². The van der Waals surface area contributed by atoms with Gasteiger partial charge < -0.3 is 23.7 Å². The van der Waals surface area contributed by atoms with Crippen LogP contribution in [-0.4, -0.2) is 58.4 Å². The number of aromatic nitrogens is 2. The second-order valence-electron chi connectivity index (χ2n) is 8.50. The van der Waals surface area contributed by atoms with Gasteiger partial charge in [0.1, 0.15) is 13.2 Å². The Morgan fingerprint density at radius 2 is 1.94 bits per heavy atom. The minimum absolute atomic E-state index is 0.0380. The first-order chi connectivity index (χ1) is 17.1. The molecule has 0 bridgehead atoms. The third kappa shape index (κ3) is 4.69. The lowest BCUT2D eigenvalue weighted by Crippen LogP contribution is -2.32. The molecule has 0 N–H and O–H groups in total. The third-order valence-corrected chi connectivity index (χ3v) is 7.35. The zero-order valence-electron chi connectivity index (χ0n) is 20.0. The number of fused-ring (bicyclic) bond motifs is 2. The van der Waals surface area contributed by atoms with E-state index in [-0.39, 0.29) is 17.9 Å². The summed E-state index contributed by atoms with van der Waals surface area (Å²) < 4.78 is 18.6. The number of thioether (sulfide) groups is 1. The van der Waals surface area contributed by atoms with Crippen molar-refractivity contribution < 1.29 is 23.8 Å².